The molecule has 1 aromatic carbocycles. The monoisotopic (exact) mass is 407 g/mol. The molecule has 4 rings (SSSR count). The molecule has 0 saturated heterocycles. The van der Waals surface area contributed by atoms with E-state index in [1.54, 1.807) is 0 Å². The average Bonchev–Trinajstić information content (AvgIpc) is 3.27. The molecule has 0 radical (unpaired) electrons. The topological polar surface area (TPSA) is 97.8 Å². The molecule has 30 heavy (non-hydrogen) atoms. The van der Waals surface area contributed by atoms with Crippen molar-refractivity contribution in [3.05, 3.63) is 59.2 Å². The van der Waals surface area contributed by atoms with E-state index in [9.17, 15) is 0 Å². The number of hydrogen-bond acceptors (Lipinski definition) is 5. The molecule has 0 saturated carbocycles. The third-order valence-corrected chi connectivity index (χ3v) is 5.52. The molecular formula is C21H29N9. The number of aryl methyl sites for hydroxylation is 3. The van der Waals surface area contributed by atoms with Gasteiger partial charge in [0, 0.05) is 19.5 Å². The Bertz CT molecular complexity index is 1020. The fourth-order valence-corrected chi connectivity index (χ4v) is 3.65. The predicted molar refractivity (Wildman–Crippen MR) is 115 cm³/mol. The van der Waals surface area contributed by atoms with Gasteiger partial charge in [0.2, 0.25) is 0 Å². The second-order valence-electron chi connectivity index (χ2n) is 7.80. The highest BCUT2D eigenvalue weighted by atomic mass is 15.4. The molecule has 0 aliphatic carbocycles. The molecule has 2 atom stereocenters. The van der Waals surface area contributed by atoms with Crippen molar-refractivity contribution in [1.82, 2.24) is 40.2 Å². The van der Waals surface area contributed by atoms with Crippen molar-refractivity contribution < 1.29 is 0 Å². The maximum absolute atomic E-state index is 4.81. The molecule has 9 heteroatoms. The van der Waals surface area contributed by atoms with Crippen molar-refractivity contribution in [2.75, 3.05) is 0 Å². The van der Waals surface area contributed by atoms with Crippen LogP contribution < -0.4 is 10.6 Å². The van der Waals surface area contributed by atoms with Crippen LogP contribution in [0.15, 0.2) is 35.3 Å². The first-order valence-electron chi connectivity index (χ1n) is 10.4. The summed E-state index contributed by atoms with van der Waals surface area (Å²) in [5.41, 5.74) is 1.21. The predicted octanol–water partition coefficient (Wildman–Crippen LogP) is 1.83. The number of benzene rings is 1. The lowest BCUT2D eigenvalue weighted by Crippen LogP contribution is -2.47. The minimum atomic E-state index is 0.117. The summed E-state index contributed by atoms with van der Waals surface area (Å²) in [6.45, 7) is 7.24. The molecule has 9 nitrogen and oxygen atoms in total. The SMILES string of the molecule is Cc1nc2n(n1)CC(NC(=NCc1nnc(C)n1C)NC(C)c1ccccc1)CC2. The van der Waals surface area contributed by atoms with E-state index in [0.717, 1.165) is 48.6 Å². The summed E-state index contributed by atoms with van der Waals surface area (Å²) in [5, 5.41) is 20.0. The van der Waals surface area contributed by atoms with E-state index >= 15 is 0 Å². The summed E-state index contributed by atoms with van der Waals surface area (Å²) in [7, 11) is 1.96. The Morgan fingerprint density at radius 2 is 2.03 bits per heavy atom. The number of hydrogen-bond donors (Lipinski definition) is 2. The van der Waals surface area contributed by atoms with Crippen LogP contribution in [-0.2, 0) is 26.6 Å². The Kier molecular flexibility index (Phi) is 5.78. The number of aromatic nitrogens is 6. The second-order valence-corrected chi connectivity index (χ2v) is 7.80. The number of aliphatic imine (C=N–C) groups is 1. The van der Waals surface area contributed by atoms with Crippen molar-refractivity contribution in [3.63, 3.8) is 0 Å². The van der Waals surface area contributed by atoms with Crippen molar-refractivity contribution in [1.29, 1.82) is 0 Å². The fraction of sp³-hybridized carbons (Fsp3) is 0.476. The fourth-order valence-electron chi connectivity index (χ4n) is 3.65. The van der Waals surface area contributed by atoms with Gasteiger partial charge in [-0.05, 0) is 32.8 Å². The summed E-state index contributed by atoms with van der Waals surface area (Å²) in [5.74, 6) is 4.36. The van der Waals surface area contributed by atoms with Crippen LogP contribution in [0.4, 0.5) is 0 Å². The highest BCUT2D eigenvalue weighted by molar-refractivity contribution is 5.80. The molecular weight excluding hydrogens is 378 g/mol. The molecule has 2 aromatic heterocycles. The minimum absolute atomic E-state index is 0.117. The van der Waals surface area contributed by atoms with E-state index < -0.39 is 0 Å². The van der Waals surface area contributed by atoms with Crippen LogP contribution in [0.25, 0.3) is 0 Å². The largest absolute Gasteiger partial charge is 0.352 e. The maximum Gasteiger partial charge on any atom is 0.192 e. The van der Waals surface area contributed by atoms with Crippen molar-refractivity contribution in [2.45, 2.75) is 58.8 Å². The Morgan fingerprint density at radius 3 is 2.77 bits per heavy atom. The third kappa shape index (κ3) is 4.50. The number of nitrogens with one attached hydrogen (secondary N) is 2. The van der Waals surface area contributed by atoms with E-state index in [2.05, 4.69) is 62.1 Å². The number of rotatable bonds is 5. The Morgan fingerprint density at radius 1 is 1.23 bits per heavy atom. The summed E-state index contributed by atoms with van der Waals surface area (Å²) in [6, 6.07) is 10.7. The van der Waals surface area contributed by atoms with Crippen LogP contribution in [0.2, 0.25) is 0 Å². The highest BCUT2D eigenvalue weighted by Gasteiger charge is 2.22. The van der Waals surface area contributed by atoms with Gasteiger partial charge in [-0.3, -0.25) is 0 Å². The lowest BCUT2D eigenvalue weighted by Gasteiger charge is -2.27. The standard InChI is InChI=1S/C21H29N9/c1-14(17-8-6-5-7-9-17)23-21(22-12-20-27-26-16(3)29(20)4)25-18-10-11-19-24-15(2)28-30(19)13-18/h5-9,14,18H,10-13H2,1-4H3,(H2,22,23,25). The first-order valence-corrected chi connectivity index (χ1v) is 10.4. The van der Waals surface area contributed by atoms with E-state index in [4.69, 9.17) is 4.99 Å². The van der Waals surface area contributed by atoms with Crippen molar-refractivity contribution in [3.8, 4) is 0 Å². The molecule has 2 N–H and O–H groups in total. The molecule has 0 fully saturated rings. The van der Waals surface area contributed by atoms with Gasteiger partial charge in [0.15, 0.2) is 11.8 Å². The van der Waals surface area contributed by atoms with Gasteiger partial charge in [-0.1, -0.05) is 30.3 Å². The van der Waals surface area contributed by atoms with Gasteiger partial charge in [0.05, 0.1) is 12.6 Å². The number of nitrogens with zero attached hydrogens (tertiary/aromatic N) is 7. The lowest BCUT2D eigenvalue weighted by molar-refractivity contribution is 0.391. The minimum Gasteiger partial charge on any atom is -0.352 e. The Labute approximate surface area is 176 Å². The van der Waals surface area contributed by atoms with Crippen LogP contribution in [0.1, 0.15) is 48.2 Å². The molecule has 1 aliphatic heterocycles. The normalized spacial score (nSPS) is 17.5. The molecule has 3 heterocycles. The molecule has 158 valence electrons. The molecule has 0 bridgehead atoms. The molecule has 2 unspecified atom stereocenters. The summed E-state index contributed by atoms with van der Waals surface area (Å²) >= 11 is 0. The second kappa shape index (κ2) is 8.64. The van der Waals surface area contributed by atoms with Crippen LogP contribution in [0, 0.1) is 13.8 Å². The first-order chi connectivity index (χ1) is 14.5. The average molecular weight is 408 g/mol. The zero-order valence-corrected chi connectivity index (χ0v) is 18.0. The lowest BCUT2D eigenvalue weighted by atomic mass is 10.1. The van der Waals surface area contributed by atoms with Gasteiger partial charge in [-0.15, -0.1) is 10.2 Å². The zero-order chi connectivity index (χ0) is 21.1. The molecule has 1 aliphatic rings. The third-order valence-electron chi connectivity index (χ3n) is 5.52. The van der Waals surface area contributed by atoms with Crippen LogP contribution in [0.5, 0.6) is 0 Å². The van der Waals surface area contributed by atoms with E-state index in [1.165, 1.54) is 5.56 Å². The van der Waals surface area contributed by atoms with Gasteiger partial charge >= 0.3 is 0 Å². The van der Waals surface area contributed by atoms with E-state index in [0.29, 0.717) is 6.54 Å². The zero-order valence-electron chi connectivity index (χ0n) is 18.0. The van der Waals surface area contributed by atoms with Crippen LogP contribution >= 0.6 is 0 Å². The summed E-state index contributed by atoms with van der Waals surface area (Å²) < 4.78 is 3.97. The van der Waals surface area contributed by atoms with E-state index in [-0.39, 0.29) is 12.1 Å². The van der Waals surface area contributed by atoms with Crippen molar-refractivity contribution >= 4 is 5.96 Å². The van der Waals surface area contributed by atoms with Crippen molar-refractivity contribution in [2.24, 2.45) is 12.0 Å². The molecule has 3 aromatic rings. The quantitative estimate of drug-likeness (QED) is 0.495. The molecule has 0 spiro atoms. The van der Waals surface area contributed by atoms with Gasteiger partial charge in [-0.2, -0.15) is 5.10 Å². The Hall–Kier alpha value is -3.23. The van der Waals surface area contributed by atoms with E-state index in [1.807, 2.05) is 36.2 Å². The first kappa shape index (κ1) is 20.1. The van der Waals surface area contributed by atoms with Crippen LogP contribution in [-0.4, -0.2) is 41.5 Å². The smallest absolute Gasteiger partial charge is 0.192 e. The van der Waals surface area contributed by atoms with Gasteiger partial charge in [-0.25, -0.2) is 14.7 Å². The summed E-state index contributed by atoms with van der Waals surface area (Å²) in [6.07, 6.45) is 1.89. The molecule has 0 amide bonds. The van der Waals surface area contributed by atoms with Gasteiger partial charge in [0.1, 0.15) is 24.0 Å². The summed E-state index contributed by atoms with van der Waals surface area (Å²) in [4.78, 5) is 9.32. The number of guanidine groups is 1. The van der Waals surface area contributed by atoms with Gasteiger partial charge in [0.25, 0.3) is 0 Å². The Balaban J connectivity index is 1.50. The highest BCUT2D eigenvalue weighted by Crippen LogP contribution is 2.14. The van der Waals surface area contributed by atoms with Gasteiger partial charge < -0.3 is 15.2 Å². The number of fused-ring (bicyclic) bond motifs is 1. The van der Waals surface area contributed by atoms with Crippen LogP contribution in [0.3, 0.4) is 0 Å². The maximum atomic E-state index is 4.81.